The summed E-state index contributed by atoms with van der Waals surface area (Å²) in [6.45, 7) is 1.07. The SMILES string of the molecule is CN(c1ncnc(N2CCCC2c2ccc(C(F)(F)F)cc2O)c1F)C1CCN(S(C)(=O)=O)CC1. The van der Waals surface area contributed by atoms with Crippen LogP contribution in [0.2, 0.25) is 0 Å². The largest absolute Gasteiger partial charge is 0.508 e. The maximum atomic E-state index is 15.7. The lowest BCUT2D eigenvalue weighted by atomic mass is 10.0. The van der Waals surface area contributed by atoms with Crippen LogP contribution < -0.4 is 9.80 Å². The molecule has 2 saturated heterocycles. The van der Waals surface area contributed by atoms with Gasteiger partial charge in [0.25, 0.3) is 0 Å². The second-order valence-corrected chi connectivity index (χ2v) is 10.9. The van der Waals surface area contributed by atoms with Crippen LogP contribution in [-0.4, -0.2) is 66.8 Å². The van der Waals surface area contributed by atoms with Crippen LogP contribution in [0.15, 0.2) is 24.5 Å². The van der Waals surface area contributed by atoms with Gasteiger partial charge in [-0.05, 0) is 37.8 Å². The first kappa shape index (κ1) is 25.4. The summed E-state index contributed by atoms with van der Waals surface area (Å²) in [5.74, 6) is -1.09. The van der Waals surface area contributed by atoms with Gasteiger partial charge in [0, 0.05) is 38.3 Å². The zero-order chi connectivity index (χ0) is 25.5. The number of phenolic OH excluding ortho intramolecular Hbond substituents is 1. The van der Waals surface area contributed by atoms with Crippen LogP contribution in [0, 0.1) is 5.82 Å². The molecule has 1 N–H and O–H groups in total. The monoisotopic (exact) mass is 517 g/mol. The molecular formula is C22H27F4N5O3S. The van der Waals surface area contributed by atoms with Crippen LogP contribution in [0.5, 0.6) is 5.75 Å². The predicted octanol–water partition coefficient (Wildman–Crippen LogP) is 3.54. The van der Waals surface area contributed by atoms with Crippen LogP contribution in [0.25, 0.3) is 0 Å². The quantitative estimate of drug-likeness (QED) is 0.607. The summed E-state index contributed by atoms with van der Waals surface area (Å²) in [6.07, 6.45) is -0.0172. The minimum absolute atomic E-state index is 0.0113. The van der Waals surface area contributed by atoms with Crippen molar-refractivity contribution >= 4 is 21.7 Å². The molecule has 4 rings (SSSR count). The van der Waals surface area contributed by atoms with Crippen molar-refractivity contribution in [3.63, 3.8) is 0 Å². The van der Waals surface area contributed by atoms with Gasteiger partial charge in [-0.2, -0.15) is 17.6 Å². The number of aromatic hydroxyl groups is 1. The Morgan fingerprint density at radius 2 is 1.80 bits per heavy atom. The van der Waals surface area contributed by atoms with Crippen molar-refractivity contribution < 1.29 is 31.1 Å². The van der Waals surface area contributed by atoms with E-state index in [2.05, 4.69) is 9.97 Å². The van der Waals surface area contributed by atoms with E-state index in [0.29, 0.717) is 51.4 Å². The third-order valence-electron chi connectivity index (χ3n) is 6.77. The summed E-state index contributed by atoms with van der Waals surface area (Å²) in [4.78, 5) is 11.6. The molecule has 8 nitrogen and oxygen atoms in total. The van der Waals surface area contributed by atoms with E-state index in [1.54, 1.807) is 16.8 Å². The highest BCUT2D eigenvalue weighted by Crippen LogP contribution is 2.42. The van der Waals surface area contributed by atoms with Gasteiger partial charge in [0.15, 0.2) is 11.6 Å². The molecule has 0 spiro atoms. The molecule has 0 aliphatic carbocycles. The van der Waals surface area contributed by atoms with Gasteiger partial charge >= 0.3 is 6.18 Å². The minimum atomic E-state index is -4.58. The van der Waals surface area contributed by atoms with Gasteiger partial charge in [-0.3, -0.25) is 0 Å². The number of hydrogen-bond donors (Lipinski definition) is 1. The summed E-state index contributed by atoms with van der Waals surface area (Å²) in [7, 11) is -1.59. The van der Waals surface area contributed by atoms with Crippen molar-refractivity contribution in [2.45, 2.75) is 43.9 Å². The summed E-state index contributed by atoms with van der Waals surface area (Å²) < 4.78 is 79.6. The Hall–Kier alpha value is -2.67. The standard InChI is InChI=1S/C22H27F4N5O3S/c1-29(15-7-10-30(11-8-15)35(2,33)34)20-19(23)21(28-13-27-20)31-9-3-4-17(31)16-6-5-14(12-18(16)32)22(24,25)26/h5-6,12-13,15,17,32H,3-4,7-11H2,1-2H3. The Balaban J connectivity index is 1.57. The van der Waals surface area contributed by atoms with E-state index < -0.39 is 39.4 Å². The fourth-order valence-corrected chi connectivity index (χ4v) is 5.75. The first-order chi connectivity index (χ1) is 16.4. The average molecular weight is 518 g/mol. The molecule has 1 atom stereocenters. The van der Waals surface area contributed by atoms with Gasteiger partial charge in [-0.15, -0.1) is 0 Å². The van der Waals surface area contributed by atoms with Gasteiger partial charge in [-0.25, -0.2) is 22.7 Å². The molecule has 2 aliphatic heterocycles. The van der Waals surface area contributed by atoms with E-state index in [9.17, 15) is 26.7 Å². The number of aromatic nitrogens is 2. The molecule has 192 valence electrons. The van der Waals surface area contributed by atoms with Crippen molar-refractivity contribution in [2.75, 3.05) is 42.7 Å². The van der Waals surface area contributed by atoms with E-state index >= 15 is 4.39 Å². The summed E-state index contributed by atoms with van der Waals surface area (Å²) in [6, 6.07) is 2.15. The van der Waals surface area contributed by atoms with Crippen molar-refractivity contribution in [3.05, 3.63) is 41.5 Å². The molecule has 2 aromatic rings. The van der Waals surface area contributed by atoms with E-state index in [-0.39, 0.29) is 23.2 Å². The van der Waals surface area contributed by atoms with Crippen LogP contribution in [-0.2, 0) is 16.2 Å². The maximum Gasteiger partial charge on any atom is 0.416 e. The molecule has 2 fully saturated rings. The molecule has 2 aliphatic rings. The van der Waals surface area contributed by atoms with E-state index in [4.69, 9.17) is 0 Å². The smallest absolute Gasteiger partial charge is 0.416 e. The number of phenols is 1. The summed E-state index contributed by atoms with van der Waals surface area (Å²) in [5, 5.41) is 10.3. The number of nitrogens with zero attached hydrogens (tertiary/aromatic N) is 5. The van der Waals surface area contributed by atoms with Gasteiger partial charge in [-0.1, -0.05) is 6.07 Å². The molecule has 35 heavy (non-hydrogen) atoms. The summed E-state index contributed by atoms with van der Waals surface area (Å²) in [5.41, 5.74) is -0.682. The number of benzene rings is 1. The number of sulfonamides is 1. The number of rotatable bonds is 5. The van der Waals surface area contributed by atoms with Crippen LogP contribution in [0.4, 0.5) is 29.2 Å². The first-order valence-electron chi connectivity index (χ1n) is 11.2. The summed E-state index contributed by atoms with van der Waals surface area (Å²) >= 11 is 0. The lowest BCUT2D eigenvalue weighted by Crippen LogP contribution is -2.45. The van der Waals surface area contributed by atoms with Gasteiger partial charge in [0.1, 0.15) is 12.1 Å². The third-order valence-corrected chi connectivity index (χ3v) is 8.07. The van der Waals surface area contributed by atoms with Gasteiger partial charge in [0.05, 0.1) is 17.9 Å². The molecule has 0 radical (unpaired) electrons. The van der Waals surface area contributed by atoms with Crippen molar-refractivity contribution in [3.8, 4) is 5.75 Å². The Morgan fingerprint density at radius 1 is 1.11 bits per heavy atom. The average Bonchev–Trinajstić information content (AvgIpc) is 3.27. The van der Waals surface area contributed by atoms with Gasteiger partial charge in [0.2, 0.25) is 15.8 Å². The molecule has 13 heteroatoms. The third kappa shape index (κ3) is 5.15. The van der Waals surface area contributed by atoms with Crippen LogP contribution >= 0.6 is 0 Å². The van der Waals surface area contributed by atoms with Crippen molar-refractivity contribution in [1.82, 2.24) is 14.3 Å². The fourth-order valence-electron chi connectivity index (χ4n) is 4.88. The molecule has 0 saturated carbocycles. The number of halogens is 4. The highest BCUT2D eigenvalue weighted by atomic mass is 32.2. The Kier molecular flexibility index (Phi) is 6.84. The second-order valence-electron chi connectivity index (χ2n) is 8.96. The predicted molar refractivity (Wildman–Crippen MR) is 122 cm³/mol. The zero-order valence-corrected chi connectivity index (χ0v) is 20.2. The molecule has 0 amide bonds. The van der Waals surface area contributed by atoms with Crippen molar-refractivity contribution in [1.29, 1.82) is 0 Å². The zero-order valence-electron chi connectivity index (χ0n) is 19.3. The number of piperidine rings is 1. The van der Waals surface area contributed by atoms with E-state index in [1.165, 1.54) is 16.7 Å². The number of hydrogen-bond acceptors (Lipinski definition) is 7. The van der Waals surface area contributed by atoms with Crippen LogP contribution in [0.3, 0.4) is 0 Å². The molecule has 1 unspecified atom stereocenters. The van der Waals surface area contributed by atoms with E-state index in [1.807, 2.05) is 0 Å². The topological polar surface area (TPSA) is 89.9 Å². The second kappa shape index (κ2) is 9.41. The molecule has 0 bridgehead atoms. The van der Waals surface area contributed by atoms with Crippen molar-refractivity contribution in [2.24, 2.45) is 0 Å². The Labute approximate surface area is 201 Å². The lowest BCUT2D eigenvalue weighted by molar-refractivity contribution is -0.137. The number of alkyl halides is 3. The highest BCUT2D eigenvalue weighted by Gasteiger charge is 2.36. The number of anilines is 2. The van der Waals surface area contributed by atoms with E-state index in [0.717, 1.165) is 12.3 Å². The van der Waals surface area contributed by atoms with Crippen LogP contribution in [0.1, 0.15) is 42.9 Å². The molecule has 3 heterocycles. The molecule has 1 aromatic heterocycles. The molecule has 1 aromatic carbocycles. The normalized spacial score (nSPS) is 20.4. The first-order valence-corrected chi connectivity index (χ1v) is 13.1. The fraction of sp³-hybridized carbons (Fsp3) is 0.545. The molecular weight excluding hydrogens is 490 g/mol. The Morgan fingerprint density at radius 3 is 2.40 bits per heavy atom. The Bertz CT molecular complexity index is 1190. The maximum absolute atomic E-state index is 15.7. The van der Waals surface area contributed by atoms with Gasteiger partial charge < -0.3 is 14.9 Å². The minimum Gasteiger partial charge on any atom is -0.508 e. The highest BCUT2D eigenvalue weighted by molar-refractivity contribution is 7.88. The lowest BCUT2D eigenvalue weighted by Gasteiger charge is -2.36.